The number of hydrogen-bond donors (Lipinski definition) is 3. The first-order valence-electron chi connectivity index (χ1n) is 12.1. The van der Waals surface area contributed by atoms with Crippen LogP contribution in [0.25, 0.3) is 5.69 Å². The molecule has 5 rings (SSSR count). The third-order valence-corrected chi connectivity index (χ3v) is 6.95. The summed E-state index contributed by atoms with van der Waals surface area (Å²) in [4.78, 5) is 39.9. The molecule has 2 aromatic heterocycles. The summed E-state index contributed by atoms with van der Waals surface area (Å²) in [5.41, 5.74) is 2.54. The van der Waals surface area contributed by atoms with E-state index in [9.17, 15) is 14.7 Å². The smallest absolute Gasteiger partial charge is 0.356 e. The zero-order chi connectivity index (χ0) is 25.4. The first kappa shape index (κ1) is 23.6. The van der Waals surface area contributed by atoms with Gasteiger partial charge in [-0.2, -0.15) is 4.98 Å². The van der Waals surface area contributed by atoms with Crippen LogP contribution in [0.5, 0.6) is 5.75 Å². The second-order valence-electron chi connectivity index (χ2n) is 8.94. The highest BCUT2D eigenvalue weighted by atomic mass is 16.5. The van der Waals surface area contributed by atoms with Crippen molar-refractivity contribution in [1.82, 2.24) is 24.8 Å². The second-order valence-corrected chi connectivity index (χ2v) is 8.94. The summed E-state index contributed by atoms with van der Waals surface area (Å²) in [6, 6.07) is 5.19. The average molecular weight is 492 g/mol. The predicted octanol–water partition coefficient (Wildman–Crippen LogP) is 3.69. The number of aromatic carboxylic acids is 1. The molecule has 11 heteroatoms. The maximum absolute atomic E-state index is 12.0. The Bertz CT molecular complexity index is 1320. The number of hydrogen-bond acceptors (Lipinski definition) is 8. The van der Waals surface area contributed by atoms with Gasteiger partial charge in [-0.3, -0.25) is 9.36 Å². The predicted molar refractivity (Wildman–Crippen MR) is 134 cm³/mol. The topological polar surface area (TPSA) is 134 Å². The van der Waals surface area contributed by atoms with Crippen molar-refractivity contribution >= 4 is 29.3 Å². The summed E-state index contributed by atoms with van der Waals surface area (Å²) in [7, 11) is 3.11. The molecule has 1 saturated carbocycles. The molecule has 1 amide bonds. The van der Waals surface area contributed by atoms with E-state index in [1.165, 1.54) is 7.11 Å². The Hall–Kier alpha value is -4.15. The van der Waals surface area contributed by atoms with Gasteiger partial charge in [0.25, 0.3) is 5.91 Å². The van der Waals surface area contributed by atoms with Gasteiger partial charge in [0, 0.05) is 18.7 Å². The van der Waals surface area contributed by atoms with Gasteiger partial charge in [0.05, 0.1) is 30.7 Å². The molecule has 188 valence electrons. The quantitative estimate of drug-likeness (QED) is 0.452. The molecular formula is C25H29N7O4. The van der Waals surface area contributed by atoms with Crippen molar-refractivity contribution < 1.29 is 19.4 Å². The summed E-state index contributed by atoms with van der Waals surface area (Å²) in [6.07, 6.45) is 8.25. The summed E-state index contributed by atoms with van der Waals surface area (Å²) in [5, 5.41) is 15.6. The third kappa shape index (κ3) is 3.90. The van der Waals surface area contributed by atoms with Crippen molar-refractivity contribution in [1.29, 1.82) is 0 Å². The van der Waals surface area contributed by atoms with Crippen LogP contribution in [0.1, 0.15) is 71.6 Å². The van der Waals surface area contributed by atoms with Crippen LogP contribution in [0.4, 0.5) is 17.5 Å². The Morgan fingerprint density at radius 3 is 2.67 bits per heavy atom. The highest BCUT2D eigenvalue weighted by Gasteiger charge is 2.40. The van der Waals surface area contributed by atoms with Crippen molar-refractivity contribution in [3.05, 3.63) is 47.7 Å². The number of aromatic nitrogens is 4. The summed E-state index contributed by atoms with van der Waals surface area (Å²) in [6.45, 7) is 2.06. The highest BCUT2D eigenvalue weighted by molar-refractivity contribution is 5.95. The normalized spacial score (nSPS) is 16.9. The number of nitrogens with zero attached hydrogens (tertiary/aromatic N) is 5. The number of benzene rings is 1. The molecule has 0 saturated heterocycles. The van der Waals surface area contributed by atoms with Gasteiger partial charge in [-0.25, -0.2) is 14.8 Å². The number of nitrogens with one attached hydrogen (secondary N) is 2. The summed E-state index contributed by atoms with van der Waals surface area (Å²) < 4.78 is 7.30. The van der Waals surface area contributed by atoms with Crippen molar-refractivity contribution in [2.24, 2.45) is 0 Å². The van der Waals surface area contributed by atoms with Gasteiger partial charge in [0.15, 0.2) is 11.5 Å². The zero-order valence-electron chi connectivity index (χ0n) is 20.5. The van der Waals surface area contributed by atoms with E-state index in [0.717, 1.165) is 31.5 Å². The molecule has 3 aromatic rings. The number of anilines is 3. The van der Waals surface area contributed by atoms with E-state index in [1.54, 1.807) is 42.3 Å². The standard InChI is InChI=1S/C25H29N7O4/c1-4-17-21-20(24(34)35)28-13-31(21)18-12-27-25(30-22(18)32(17)15-7-5-6-8-15)29-16-10-9-14(23(33)26-2)11-19(16)36-3/h9-13,15,17H,4-8H2,1-3H3,(H,26,33)(H,34,35)(H,27,29,30)/t17-/m1/s1. The molecule has 1 aromatic carbocycles. The molecule has 0 bridgehead atoms. The monoisotopic (exact) mass is 491 g/mol. The second kappa shape index (κ2) is 9.48. The average Bonchev–Trinajstić information content (AvgIpc) is 3.58. The minimum Gasteiger partial charge on any atom is -0.495 e. The maximum atomic E-state index is 12.0. The lowest BCUT2D eigenvalue weighted by molar-refractivity contribution is 0.0688. The van der Waals surface area contributed by atoms with E-state index >= 15 is 0 Å². The van der Waals surface area contributed by atoms with Gasteiger partial charge in [0.1, 0.15) is 17.8 Å². The van der Waals surface area contributed by atoms with Crippen LogP contribution in [-0.4, -0.2) is 56.7 Å². The SMILES string of the molecule is CC[C@@H]1c2c(C(=O)O)ncn2-c2cnc(Nc3ccc(C(=O)NC)cc3OC)nc2N1C1CCCC1. The van der Waals surface area contributed by atoms with Crippen LogP contribution in [-0.2, 0) is 0 Å². The van der Waals surface area contributed by atoms with Crippen molar-refractivity contribution in [2.45, 2.75) is 51.1 Å². The minimum absolute atomic E-state index is 0.0682. The molecule has 1 aliphatic carbocycles. The fraction of sp³-hybridized carbons (Fsp3) is 0.400. The van der Waals surface area contributed by atoms with Gasteiger partial charge in [0.2, 0.25) is 5.95 Å². The molecular weight excluding hydrogens is 462 g/mol. The number of carboxylic acid groups (broad SMARTS) is 1. The highest BCUT2D eigenvalue weighted by Crippen LogP contribution is 2.44. The molecule has 2 aliphatic rings. The Morgan fingerprint density at radius 2 is 2.00 bits per heavy atom. The van der Waals surface area contributed by atoms with E-state index in [1.807, 2.05) is 0 Å². The Kier molecular flexibility index (Phi) is 6.21. The first-order chi connectivity index (χ1) is 17.5. The third-order valence-electron chi connectivity index (χ3n) is 6.95. The number of carbonyl (C=O) groups excluding carboxylic acids is 1. The fourth-order valence-electron chi connectivity index (χ4n) is 5.30. The van der Waals surface area contributed by atoms with Crippen molar-refractivity contribution in [2.75, 3.05) is 24.4 Å². The molecule has 36 heavy (non-hydrogen) atoms. The van der Waals surface area contributed by atoms with E-state index in [-0.39, 0.29) is 23.7 Å². The minimum atomic E-state index is -1.04. The van der Waals surface area contributed by atoms with Gasteiger partial charge < -0.3 is 25.4 Å². The lowest BCUT2D eigenvalue weighted by atomic mass is 10.0. The number of ether oxygens (including phenoxy) is 1. The Balaban J connectivity index is 1.58. The van der Waals surface area contributed by atoms with Crippen molar-refractivity contribution in [3.63, 3.8) is 0 Å². The number of methoxy groups -OCH3 is 1. The van der Waals surface area contributed by atoms with E-state index in [0.29, 0.717) is 40.8 Å². The van der Waals surface area contributed by atoms with Crippen molar-refractivity contribution in [3.8, 4) is 11.4 Å². The van der Waals surface area contributed by atoms with Gasteiger partial charge in [-0.1, -0.05) is 19.8 Å². The summed E-state index contributed by atoms with van der Waals surface area (Å²) in [5.74, 6) is 0.358. The molecule has 1 fully saturated rings. The molecule has 1 aliphatic heterocycles. The lowest BCUT2D eigenvalue weighted by Gasteiger charge is -2.42. The Morgan fingerprint density at radius 1 is 1.22 bits per heavy atom. The molecule has 1 atom stereocenters. The molecule has 3 N–H and O–H groups in total. The number of imidazole rings is 1. The van der Waals surface area contributed by atoms with Gasteiger partial charge in [-0.15, -0.1) is 0 Å². The van der Waals surface area contributed by atoms with Gasteiger partial charge >= 0.3 is 5.97 Å². The van der Waals surface area contributed by atoms with E-state index in [4.69, 9.17) is 9.72 Å². The number of carbonyl (C=O) groups is 2. The zero-order valence-corrected chi connectivity index (χ0v) is 20.5. The lowest BCUT2D eigenvalue weighted by Crippen LogP contribution is -2.42. The number of amides is 1. The van der Waals surface area contributed by atoms with E-state index in [2.05, 4.69) is 32.4 Å². The number of fused-ring (bicyclic) bond motifs is 3. The van der Waals surface area contributed by atoms with Crippen LogP contribution in [0.2, 0.25) is 0 Å². The number of rotatable bonds is 7. The molecule has 3 heterocycles. The van der Waals surface area contributed by atoms with E-state index < -0.39 is 5.97 Å². The van der Waals surface area contributed by atoms with Crippen LogP contribution < -0.4 is 20.3 Å². The molecule has 0 unspecified atom stereocenters. The van der Waals surface area contributed by atoms with Crippen LogP contribution in [0.3, 0.4) is 0 Å². The fourth-order valence-corrected chi connectivity index (χ4v) is 5.30. The molecule has 0 radical (unpaired) electrons. The maximum Gasteiger partial charge on any atom is 0.356 e. The molecule has 11 nitrogen and oxygen atoms in total. The first-order valence-corrected chi connectivity index (χ1v) is 12.1. The largest absolute Gasteiger partial charge is 0.495 e. The van der Waals surface area contributed by atoms with Gasteiger partial charge in [-0.05, 0) is 37.5 Å². The summed E-state index contributed by atoms with van der Waals surface area (Å²) >= 11 is 0. The molecule has 0 spiro atoms. The van der Waals surface area contributed by atoms with Crippen LogP contribution >= 0.6 is 0 Å². The Labute approximate surface area is 208 Å². The van der Waals surface area contributed by atoms with Crippen LogP contribution in [0.15, 0.2) is 30.7 Å². The van der Waals surface area contributed by atoms with Crippen LogP contribution in [0, 0.1) is 0 Å². The number of carboxylic acids is 1.